The molecule has 0 bridgehead atoms. The maximum Gasteiger partial charge on any atom is 0.574 e. The normalized spacial score (nSPS) is 11.6. The van der Waals surface area contributed by atoms with E-state index in [1.807, 2.05) is 31.4 Å². The Morgan fingerprint density at radius 3 is 2.60 bits per heavy atom. The molecular formula is C23H20F3N5O3S. The molecule has 0 aliphatic carbocycles. The number of thiophene rings is 1. The molecule has 2 N–H and O–H groups in total. The fraction of sp³-hybridized carbons (Fsp3) is 0.217. The Labute approximate surface area is 202 Å². The van der Waals surface area contributed by atoms with E-state index in [4.69, 9.17) is 0 Å². The highest BCUT2D eigenvalue weighted by Crippen LogP contribution is 2.29. The van der Waals surface area contributed by atoms with E-state index in [-0.39, 0.29) is 17.3 Å². The minimum atomic E-state index is -4.84. The van der Waals surface area contributed by atoms with E-state index >= 15 is 0 Å². The molecule has 0 unspecified atom stereocenters. The van der Waals surface area contributed by atoms with E-state index in [0.29, 0.717) is 23.5 Å². The van der Waals surface area contributed by atoms with Crippen molar-refractivity contribution >= 4 is 28.9 Å². The summed E-state index contributed by atoms with van der Waals surface area (Å²) in [6.07, 6.45) is -1.44. The molecule has 4 heterocycles. The van der Waals surface area contributed by atoms with Gasteiger partial charge >= 0.3 is 12.3 Å². The van der Waals surface area contributed by atoms with Crippen molar-refractivity contribution in [3.63, 3.8) is 0 Å². The summed E-state index contributed by atoms with van der Waals surface area (Å²) in [5.74, 6) is -1.04. The largest absolute Gasteiger partial charge is 0.574 e. The lowest BCUT2D eigenvalue weighted by Crippen LogP contribution is -2.18. The first-order valence-corrected chi connectivity index (χ1v) is 11.3. The van der Waals surface area contributed by atoms with Gasteiger partial charge in [-0.2, -0.15) is 0 Å². The molecule has 0 radical (unpaired) electrons. The number of halogens is 3. The predicted molar refractivity (Wildman–Crippen MR) is 124 cm³/mol. The van der Waals surface area contributed by atoms with Crippen molar-refractivity contribution in [3.8, 4) is 22.0 Å². The zero-order valence-electron chi connectivity index (χ0n) is 18.6. The van der Waals surface area contributed by atoms with Crippen LogP contribution in [0.2, 0.25) is 0 Å². The van der Waals surface area contributed by atoms with Crippen molar-refractivity contribution in [2.24, 2.45) is 5.92 Å². The summed E-state index contributed by atoms with van der Waals surface area (Å²) < 4.78 is 42.7. The molecule has 0 aromatic carbocycles. The van der Waals surface area contributed by atoms with E-state index in [1.54, 1.807) is 18.3 Å². The average molecular weight is 504 g/mol. The van der Waals surface area contributed by atoms with Crippen LogP contribution in [0.5, 0.6) is 5.88 Å². The highest BCUT2D eigenvalue weighted by molar-refractivity contribution is 7.13. The molecule has 0 amide bonds. The van der Waals surface area contributed by atoms with Gasteiger partial charge in [0.25, 0.3) is 0 Å². The third kappa shape index (κ3) is 5.96. The zero-order valence-corrected chi connectivity index (χ0v) is 19.4. The third-order valence-electron chi connectivity index (χ3n) is 4.76. The van der Waals surface area contributed by atoms with E-state index in [1.165, 1.54) is 28.3 Å². The number of nitrogens with zero attached hydrogens (tertiary/aromatic N) is 4. The Kier molecular flexibility index (Phi) is 6.74. The topological polar surface area (TPSA) is 102 Å². The van der Waals surface area contributed by atoms with Crippen LogP contribution in [0.1, 0.15) is 29.9 Å². The predicted octanol–water partition coefficient (Wildman–Crippen LogP) is 5.93. The summed E-state index contributed by atoms with van der Waals surface area (Å²) in [5, 5.41) is 19.1. The number of carboxylic acids is 1. The maximum absolute atomic E-state index is 12.4. The van der Waals surface area contributed by atoms with Gasteiger partial charge in [-0.3, -0.25) is 0 Å². The van der Waals surface area contributed by atoms with Crippen molar-refractivity contribution in [2.75, 3.05) is 5.32 Å². The second-order valence-electron chi connectivity index (χ2n) is 7.96. The molecule has 0 aliphatic heterocycles. The monoisotopic (exact) mass is 503 g/mol. The van der Waals surface area contributed by atoms with Crippen LogP contribution in [0.25, 0.3) is 16.1 Å². The lowest BCUT2D eigenvalue weighted by atomic mass is 10.1. The molecule has 4 rings (SSSR count). The number of rotatable bonds is 8. The minimum absolute atomic E-state index is 0.0221. The van der Waals surface area contributed by atoms with Crippen LogP contribution in [0.3, 0.4) is 0 Å². The first-order chi connectivity index (χ1) is 16.6. The van der Waals surface area contributed by atoms with Gasteiger partial charge in [0.1, 0.15) is 11.4 Å². The van der Waals surface area contributed by atoms with Gasteiger partial charge in [0.15, 0.2) is 5.82 Å². The Balaban J connectivity index is 1.66. The standard InChI is InChI=1S/C23H20F3N5O3S/c1-13(2)8-16-10-19(30-31(16)15-5-6-20(27-12-15)34-23(24,25)26)29-21-17(22(32)33)9-14(11-28-21)18-4-3-7-35-18/h3-7,9-13H,8H2,1-2H3,(H,32,33)(H,28,29,30). The number of carboxylic acid groups (broad SMARTS) is 1. The number of pyridine rings is 2. The number of hydrogen-bond acceptors (Lipinski definition) is 7. The highest BCUT2D eigenvalue weighted by atomic mass is 32.1. The van der Waals surface area contributed by atoms with E-state index in [9.17, 15) is 23.1 Å². The molecule has 182 valence electrons. The summed E-state index contributed by atoms with van der Waals surface area (Å²) in [4.78, 5) is 20.8. The van der Waals surface area contributed by atoms with Gasteiger partial charge in [0, 0.05) is 34.5 Å². The number of ether oxygens (including phenoxy) is 1. The molecule has 8 nitrogen and oxygen atoms in total. The molecule has 4 aromatic rings. The van der Waals surface area contributed by atoms with Gasteiger partial charge in [0.05, 0.1) is 11.9 Å². The SMILES string of the molecule is CC(C)Cc1cc(Nc2ncc(-c3cccs3)cc2C(=O)O)nn1-c1ccc(OC(F)(F)F)nc1. The average Bonchev–Trinajstić information content (AvgIpc) is 3.43. The molecule has 0 saturated carbocycles. The first-order valence-electron chi connectivity index (χ1n) is 10.4. The Bertz CT molecular complexity index is 1320. The van der Waals surface area contributed by atoms with E-state index in [2.05, 4.69) is 25.1 Å². The van der Waals surface area contributed by atoms with Crippen molar-refractivity contribution in [2.45, 2.75) is 26.6 Å². The van der Waals surface area contributed by atoms with Crippen LogP contribution >= 0.6 is 11.3 Å². The number of alkyl halides is 3. The molecule has 0 aliphatic rings. The number of aromatic carboxylic acids is 1. The van der Waals surface area contributed by atoms with Crippen LogP contribution in [-0.2, 0) is 6.42 Å². The zero-order chi connectivity index (χ0) is 25.2. The first kappa shape index (κ1) is 24.2. The molecule has 12 heteroatoms. The Morgan fingerprint density at radius 1 is 1.20 bits per heavy atom. The molecule has 0 saturated heterocycles. The van der Waals surface area contributed by atoms with E-state index < -0.39 is 18.2 Å². The number of carbonyl (C=O) groups is 1. The van der Waals surface area contributed by atoms with Crippen LogP contribution in [0.15, 0.2) is 54.2 Å². The van der Waals surface area contributed by atoms with Crippen molar-refractivity contribution in [1.29, 1.82) is 0 Å². The fourth-order valence-electron chi connectivity index (χ4n) is 3.37. The Morgan fingerprint density at radius 2 is 2.00 bits per heavy atom. The lowest BCUT2D eigenvalue weighted by molar-refractivity contribution is -0.276. The number of hydrogen-bond donors (Lipinski definition) is 2. The van der Waals surface area contributed by atoms with Crippen molar-refractivity contribution < 1.29 is 27.8 Å². The quantitative estimate of drug-likeness (QED) is 0.307. The van der Waals surface area contributed by atoms with Gasteiger partial charge in [-0.05, 0) is 35.9 Å². The minimum Gasteiger partial charge on any atom is -0.478 e. The van der Waals surface area contributed by atoms with Crippen LogP contribution in [0.4, 0.5) is 24.8 Å². The summed E-state index contributed by atoms with van der Waals surface area (Å²) >= 11 is 1.47. The second kappa shape index (κ2) is 9.74. The number of aromatic nitrogens is 4. The third-order valence-corrected chi connectivity index (χ3v) is 5.68. The van der Waals surface area contributed by atoms with Gasteiger partial charge in [0.2, 0.25) is 5.88 Å². The van der Waals surface area contributed by atoms with Gasteiger partial charge in [-0.25, -0.2) is 19.4 Å². The summed E-state index contributed by atoms with van der Waals surface area (Å²) in [6.45, 7) is 4.02. The molecule has 0 atom stereocenters. The van der Waals surface area contributed by atoms with Crippen LogP contribution < -0.4 is 10.1 Å². The molecular weight excluding hydrogens is 483 g/mol. The summed E-state index contributed by atoms with van der Waals surface area (Å²) in [6, 6.07) is 9.53. The van der Waals surface area contributed by atoms with Gasteiger partial charge in [-0.1, -0.05) is 19.9 Å². The number of nitrogens with one attached hydrogen (secondary N) is 1. The molecule has 0 spiro atoms. The highest BCUT2D eigenvalue weighted by Gasteiger charge is 2.31. The van der Waals surface area contributed by atoms with E-state index in [0.717, 1.165) is 16.6 Å². The molecule has 0 fully saturated rings. The number of anilines is 2. The summed E-state index contributed by atoms with van der Waals surface area (Å²) in [7, 11) is 0. The van der Waals surface area contributed by atoms with Crippen molar-refractivity contribution in [3.05, 3.63) is 65.4 Å². The van der Waals surface area contributed by atoms with Gasteiger partial charge < -0.3 is 15.2 Å². The fourth-order valence-corrected chi connectivity index (χ4v) is 4.08. The lowest BCUT2D eigenvalue weighted by Gasteiger charge is -2.11. The molecule has 4 aromatic heterocycles. The van der Waals surface area contributed by atoms with Crippen LogP contribution in [-0.4, -0.2) is 37.2 Å². The Hall–Kier alpha value is -3.93. The second-order valence-corrected chi connectivity index (χ2v) is 8.91. The van der Waals surface area contributed by atoms with Crippen molar-refractivity contribution in [1.82, 2.24) is 19.7 Å². The van der Waals surface area contributed by atoms with Crippen LogP contribution in [0, 0.1) is 5.92 Å². The smallest absolute Gasteiger partial charge is 0.478 e. The van der Waals surface area contributed by atoms with Gasteiger partial charge in [-0.15, -0.1) is 29.6 Å². The molecule has 35 heavy (non-hydrogen) atoms. The summed E-state index contributed by atoms with van der Waals surface area (Å²) in [5.41, 5.74) is 1.83. The maximum atomic E-state index is 12.4.